The molecule has 2 unspecified atom stereocenters. The highest BCUT2D eigenvalue weighted by Crippen LogP contribution is 2.36. The molecule has 0 spiro atoms. The normalized spacial score (nSPS) is 26.5. The maximum atomic E-state index is 6.32. The number of hydrogen-bond acceptors (Lipinski definition) is 1. The smallest absolute Gasteiger partial charge is 0.0458 e. The van der Waals surface area contributed by atoms with Crippen molar-refractivity contribution in [2.45, 2.75) is 41.2 Å². The molecule has 3 heteroatoms. The van der Waals surface area contributed by atoms with Crippen molar-refractivity contribution in [1.29, 1.82) is 0 Å². The average molecular weight is 261 g/mol. The highest BCUT2D eigenvalue weighted by Gasteiger charge is 2.23. The minimum atomic E-state index is 0.333. The summed E-state index contributed by atoms with van der Waals surface area (Å²) in [5, 5.41) is 1.70. The fourth-order valence-electron chi connectivity index (χ4n) is 1.87. The van der Waals surface area contributed by atoms with Crippen LogP contribution in [-0.2, 0) is 0 Å². The molecule has 0 amide bonds. The zero-order valence-corrected chi connectivity index (χ0v) is 10.8. The van der Waals surface area contributed by atoms with Crippen LogP contribution in [0.2, 0.25) is 5.02 Å². The zero-order chi connectivity index (χ0) is 10.7. The van der Waals surface area contributed by atoms with Gasteiger partial charge in [-0.2, -0.15) is 0 Å². The van der Waals surface area contributed by atoms with Gasteiger partial charge < -0.3 is 0 Å². The summed E-state index contributed by atoms with van der Waals surface area (Å²) in [6.07, 6.45) is 4.99. The number of hydrogen-bond donors (Lipinski definition) is 0. The lowest BCUT2D eigenvalue weighted by molar-refractivity contribution is 0.522. The monoisotopic (exact) mass is 260 g/mol. The van der Waals surface area contributed by atoms with Gasteiger partial charge in [-0.25, -0.2) is 0 Å². The van der Waals surface area contributed by atoms with Gasteiger partial charge in [-0.15, -0.1) is 23.4 Å². The summed E-state index contributed by atoms with van der Waals surface area (Å²) in [6, 6.07) is 8.03. The van der Waals surface area contributed by atoms with Crippen molar-refractivity contribution in [3.8, 4) is 0 Å². The van der Waals surface area contributed by atoms with Crippen LogP contribution in [0.4, 0.5) is 0 Å². The first-order valence-corrected chi connectivity index (χ1v) is 7.01. The van der Waals surface area contributed by atoms with Gasteiger partial charge in [0.05, 0.1) is 0 Å². The third kappa shape index (κ3) is 3.30. The van der Waals surface area contributed by atoms with Gasteiger partial charge in [-0.3, -0.25) is 0 Å². The van der Waals surface area contributed by atoms with Crippen molar-refractivity contribution in [1.82, 2.24) is 0 Å². The van der Waals surface area contributed by atoms with E-state index in [1.807, 2.05) is 23.9 Å². The van der Waals surface area contributed by atoms with Crippen LogP contribution in [0.3, 0.4) is 0 Å². The van der Waals surface area contributed by atoms with Crippen LogP contribution in [0.5, 0.6) is 0 Å². The van der Waals surface area contributed by atoms with Crippen LogP contribution in [0.15, 0.2) is 29.2 Å². The van der Waals surface area contributed by atoms with E-state index in [0.29, 0.717) is 10.6 Å². The van der Waals surface area contributed by atoms with Crippen molar-refractivity contribution in [3.63, 3.8) is 0 Å². The second-order valence-corrected chi connectivity index (χ2v) is 6.22. The maximum absolute atomic E-state index is 6.32. The average Bonchev–Trinajstić information content (AvgIpc) is 2.25. The molecule has 1 aromatic carbocycles. The standard InChI is InChI=1S/C12H14Cl2S/c13-9-5-7-10(8-6-9)15-12-4-2-1-3-11(12)14/h5-8,11-12H,1-4H2. The van der Waals surface area contributed by atoms with Gasteiger partial charge in [0.15, 0.2) is 0 Å². The van der Waals surface area contributed by atoms with Crippen LogP contribution >= 0.6 is 35.0 Å². The summed E-state index contributed by atoms with van der Waals surface area (Å²) in [7, 11) is 0. The summed E-state index contributed by atoms with van der Waals surface area (Å²) < 4.78 is 0. The predicted octanol–water partition coefficient (Wildman–Crippen LogP) is 4.98. The summed E-state index contributed by atoms with van der Waals surface area (Å²) in [5.74, 6) is 0. The Morgan fingerprint density at radius 2 is 1.73 bits per heavy atom. The van der Waals surface area contributed by atoms with Gasteiger partial charge in [-0.05, 0) is 37.1 Å². The number of thioether (sulfide) groups is 1. The Labute approximate surface area is 105 Å². The second-order valence-electron chi connectivity index (χ2n) is 3.91. The van der Waals surface area contributed by atoms with Crippen LogP contribution in [-0.4, -0.2) is 10.6 Å². The molecule has 2 rings (SSSR count). The first-order valence-electron chi connectivity index (χ1n) is 5.32. The van der Waals surface area contributed by atoms with Gasteiger partial charge in [0.1, 0.15) is 0 Å². The molecular formula is C12H14Cl2S. The van der Waals surface area contributed by atoms with Gasteiger partial charge >= 0.3 is 0 Å². The first kappa shape index (κ1) is 11.6. The van der Waals surface area contributed by atoms with E-state index < -0.39 is 0 Å². The number of benzene rings is 1. The lowest BCUT2D eigenvalue weighted by Crippen LogP contribution is -2.21. The molecule has 15 heavy (non-hydrogen) atoms. The highest BCUT2D eigenvalue weighted by atomic mass is 35.5. The van der Waals surface area contributed by atoms with Gasteiger partial charge in [-0.1, -0.05) is 24.4 Å². The van der Waals surface area contributed by atoms with Crippen LogP contribution in [0.25, 0.3) is 0 Å². The molecule has 0 heterocycles. The van der Waals surface area contributed by atoms with Crippen LogP contribution in [0.1, 0.15) is 25.7 Å². The van der Waals surface area contributed by atoms with Gasteiger partial charge in [0.2, 0.25) is 0 Å². The molecule has 1 aliphatic rings. The van der Waals surface area contributed by atoms with Crippen molar-refractivity contribution in [2.75, 3.05) is 0 Å². The fraction of sp³-hybridized carbons (Fsp3) is 0.500. The predicted molar refractivity (Wildman–Crippen MR) is 69.2 cm³/mol. The SMILES string of the molecule is Clc1ccc(SC2CCCCC2Cl)cc1. The van der Waals surface area contributed by atoms with E-state index in [1.165, 1.54) is 24.2 Å². The Morgan fingerprint density at radius 1 is 1.07 bits per heavy atom. The molecule has 1 aromatic rings. The Kier molecular flexibility index (Phi) is 4.24. The Bertz CT molecular complexity index is 310. The summed E-state index contributed by atoms with van der Waals surface area (Å²) in [5.41, 5.74) is 0. The van der Waals surface area contributed by atoms with E-state index >= 15 is 0 Å². The Balaban J connectivity index is 1.98. The topological polar surface area (TPSA) is 0 Å². The lowest BCUT2D eigenvalue weighted by atomic mass is 10.00. The zero-order valence-electron chi connectivity index (χ0n) is 8.46. The van der Waals surface area contributed by atoms with Crippen molar-refractivity contribution in [2.24, 2.45) is 0 Å². The number of rotatable bonds is 2. The van der Waals surface area contributed by atoms with E-state index in [1.54, 1.807) is 0 Å². The molecule has 0 bridgehead atoms. The molecule has 0 nitrogen and oxygen atoms in total. The third-order valence-electron chi connectivity index (χ3n) is 2.72. The fourth-order valence-corrected chi connectivity index (χ4v) is 3.64. The molecule has 1 saturated carbocycles. The largest absolute Gasteiger partial charge is 0.122 e. The third-order valence-corrected chi connectivity index (χ3v) is 5.06. The van der Waals surface area contributed by atoms with Gasteiger partial charge in [0, 0.05) is 20.5 Å². The maximum Gasteiger partial charge on any atom is 0.0458 e. The second kappa shape index (κ2) is 5.47. The van der Waals surface area contributed by atoms with E-state index in [2.05, 4.69) is 12.1 Å². The van der Waals surface area contributed by atoms with Crippen LogP contribution in [0, 0.1) is 0 Å². The molecule has 0 aromatic heterocycles. The first-order chi connectivity index (χ1) is 7.25. The Morgan fingerprint density at radius 3 is 2.40 bits per heavy atom. The summed E-state index contributed by atoms with van der Waals surface area (Å²) >= 11 is 14.1. The van der Waals surface area contributed by atoms with Crippen LogP contribution < -0.4 is 0 Å². The number of alkyl halides is 1. The summed E-state index contributed by atoms with van der Waals surface area (Å²) in [4.78, 5) is 1.27. The van der Waals surface area contributed by atoms with E-state index in [9.17, 15) is 0 Å². The van der Waals surface area contributed by atoms with E-state index in [0.717, 1.165) is 11.4 Å². The molecule has 1 fully saturated rings. The minimum Gasteiger partial charge on any atom is -0.122 e. The van der Waals surface area contributed by atoms with Crippen molar-refractivity contribution >= 4 is 35.0 Å². The lowest BCUT2D eigenvalue weighted by Gasteiger charge is -2.26. The molecule has 0 saturated heterocycles. The van der Waals surface area contributed by atoms with Crippen molar-refractivity contribution in [3.05, 3.63) is 29.3 Å². The van der Waals surface area contributed by atoms with E-state index in [4.69, 9.17) is 23.2 Å². The van der Waals surface area contributed by atoms with Gasteiger partial charge in [0.25, 0.3) is 0 Å². The molecule has 0 radical (unpaired) electrons. The summed E-state index contributed by atoms with van der Waals surface area (Å²) in [6.45, 7) is 0. The molecule has 0 aliphatic heterocycles. The quantitative estimate of drug-likeness (QED) is 0.676. The Hall–Kier alpha value is 0.150. The molecule has 0 N–H and O–H groups in total. The highest BCUT2D eigenvalue weighted by molar-refractivity contribution is 8.00. The van der Waals surface area contributed by atoms with Crippen molar-refractivity contribution < 1.29 is 0 Å². The minimum absolute atomic E-state index is 0.333. The molecule has 1 aliphatic carbocycles. The molecule has 2 atom stereocenters. The number of halogens is 2. The molecule has 82 valence electrons. The van der Waals surface area contributed by atoms with E-state index in [-0.39, 0.29) is 0 Å². The molecular weight excluding hydrogens is 247 g/mol.